The third kappa shape index (κ3) is 5.04. The molecule has 5 heteroatoms. The Balaban J connectivity index is 1.96. The van der Waals surface area contributed by atoms with E-state index in [-0.39, 0.29) is 0 Å². The number of rotatable bonds is 8. The minimum absolute atomic E-state index is 0.357. The Labute approximate surface area is 138 Å². The molecule has 0 radical (unpaired) electrons. The van der Waals surface area contributed by atoms with Gasteiger partial charge in [0.2, 0.25) is 0 Å². The predicted octanol–water partition coefficient (Wildman–Crippen LogP) is 5.19. The Hall–Kier alpha value is -0.980. The fourth-order valence-corrected chi connectivity index (χ4v) is 4.60. The lowest BCUT2D eigenvalue weighted by Crippen LogP contribution is -2.06. The van der Waals surface area contributed by atoms with Gasteiger partial charge in [-0.05, 0) is 30.2 Å². The maximum Gasteiger partial charge on any atom is 0.0921 e. The molecular formula is C17H22O3S2. The quantitative estimate of drug-likeness (QED) is 0.514. The predicted molar refractivity (Wildman–Crippen MR) is 96.8 cm³/mol. The van der Waals surface area contributed by atoms with Crippen molar-refractivity contribution in [2.45, 2.75) is 11.8 Å². The number of hydrogen-bond donors (Lipinski definition) is 2. The zero-order chi connectivity index (χ0) is 15.8. The summed E-state index contributed by atoms with van der Waals surface area (Å²) in [6.45, 7) is 2.63. The standard InChI is InChI=1S/C17H22O3S2/c1-2-20-14-21-12-13-22(18,19)17-10-8-16(9-11-17)15-6-4-3-5-7-15/h3-11,18-19H,2,12-14H2,1H3. The van der Waals surface area contributed by atoms with Crippen molar-refractivity contribution in [1.29, 1.82) is 0 Å². The molecule has 2 aromatic rings. The molecule has 120 valence electrons. The lowest BCUT2D eigenvalue weighted by atomic mass is 10.1. The van der Waals surface area contributed by atoms with Crippen molar-refractivity contribution in [2.75, 3.05) is 24.1 Å². The molecule has 0 heterocycles. The van der Waals surface area contributed by atoms with E-state index >= 15 is 0 Å². The van der Waals surface area contributed by atoms with Crippen molar-refractivity contribution >= 4 is 22.4 Å². The molecule has 2 aromatic carbocycles. The topological polar surface area (TPSA) is 49.7 Å². The highest BCUT2D eigenvalue weighted by molar-refractivity contribution is 8.24. The average Bonchev–Trinajstić information content (AvgIpc) is 2.55. The highest BCUT2D eigenvalue weighted by Gasteiger charge is 2.15. The highest BCUT2D eigenvalue weighted by atomic mass is 32.3. The molecule has 0 bridgehead atoms. The van der Waals surface area contributed by atoms with Crippen LogP contribution < -0.4 is 0 Å². The van der Waals surface area contributed by atoms with Crippen LogP contribution in [0.3, 0.4) is 0 Å². The fourth-order valence-electron chi connectivity index (χ4n) is 1.99. The molecule has 22 heavy (non-hydrogen) atoms. The summed E-state index contributed by atoms with van der Waals surface area (Å²) in [6, 6.07) is 17.5. The van der Waals surface area contributed by atoms with Gasteiger partial charge in [0.05, 0.1) is 16.6 Å². The van der Waals surface area contributed by atoms with Crippen molar-refractivity contribution in [2.24, 2.45) is 0 Å². The van der Waals surface area contributed by atoms with Crippen LogP contribution in [0, 0.1) is 0 Å². The first-order valence-electron chi connectivity index (χ1n) is 7.20. The van der Waals surface area contributed by atoms with Gasteiger partial charge in [0.1, 0.15) is 0 Å². The minimum Gasteiger partial charge on any atom is -0.371 e. The van der Waals surface area contributed by atoms with Crippen LogP contribution in [-0.4, -0.2) is 33.2 Å². The summed E-state index contributed by atoms with van der Waals surface area (Å²) in [4.78, 5) is 0.601. The molecule has 0 saturated heterocycles. The molecule has 0 spiro atoms. The van der Waals surface area contributed by atoms with Crippen LogP contribution >= 0.6 is 22.4 Å². The van der Waals surface area contributed by atoms with E-state index in [1.54, 1.807) is 11.8 Å². The van der Waals surface area contributed by atoms with E-state index in [0.717, 1.165) is 11.1 Å². The maximum absolute atomic E-state index is 10.3. The molecule has 2 rings (SSSR count). The third-order valence-electron chi connectivity index (χ3n) is 3.22. The zero-order valence-electron chi connectivity index (χ0n) is 12.6. The van der Waals surface area contributed by atoms with Crippen LogP contribution in [0.4, 0.5) is 0 Å². The summed E-state index contributed by atoms with van der Waals surface area (Å²) in [7, 11) is -2.72. The second kappa shape index (κ2) is 8.60. The second-order valence-corrected chi connectivity index (χ2v) is 8.05. The van der Waals surface area contributed by atoms with Gasteiger partial charge in [-0.1, -0.05) is 42.5 Å². The van der Waals surface area contributed by atoms with E-state index in [1.165, 1.54) is 0 Å². The average molecular weight is 338 g/mol. The fraction of sp³-hybridized carbons (Fsp3) is 0.294. The lowest BCUT2D eigenvalue weighted by molar-refractivity contribution is 0.199. The van der Waals surface area contributed by atoms with Crippen LogP contribution in [0.5, 0.6) is 0 Å². The van der Waals surface area contributed by atoms with Crippen LogP contribution in [0.1, 0.15) is 6.92 Å². The molecule has 3 nitrogen and oxygen atoms in total. The first-order valence-corrected chi connectivity index (χ1v) is 10.1. The molecule has 0 amide bonds. The molecule has 0 aliphatic rings. The second-order valence-electron chi connectivity index (χ2n) is 4.78. The lowest BCUT2D eigenvalue weighted by Gasteiger charge is -2.32. The molecule has 0 atom stereocenters. The van der Waals surface area contributed by atoms with Gasteiger partial charge in [0.25, 0.3) is 0 Å². The smallest absolute Gasteiger partial charge is 0.0921 e. The van der Waals surface area contributed by atoms with Gasteiger partial charge >= 0.3 is 0 Å². The zero-order valence-corrected chi connectivity index (χ0v) is 14.3. The van der Waals surface area contributed by atoms with E-state index in [1.807, 2.05) is 61.5 Å². The van der Waals surface area contributed by atoms with E-state index in [0.29, 0.717) is 28.9 Å². The minimum atomic E-state index is -2.72. The van der Waals surface area contributed by atoms with Gasteiger partial charge in [-0.15, -0.1) is 11.8 Å². The molecule has 0 aliphatic heterocycles. The Morgan fingerprint density at radius 3 is 2.23 bits per heavy atom. The van der Waals surface area contributed by atoms with Gasteiger partial charge in [-0.3, -0.25) is 9.11 Å². The summed E-state index contributed by atoms with van der Waals surface area (Å²) in [6.07, 6.45) is 0. The van der Waals surface area contributed by atoms with Crippen LogP contribution in [0.25, 0.3) is 11.1 Å². The highest BCUT2D eigenvalue weighted by Crippen LogP contribution is 2.48. The van der Waals surface area contributed by atoms with Crippen molar-refractivity contribution in [3.8, 4) is 11.1 Å². The summed E-state index contributed by atoms with van der Waals surface area (Å²) >= 11 is 1.58. The molecular weight excluding hydrogens is 316 g/mol. The van der Waals surface area contributed by atoms with Crippen molar-refractivity contribution in [3.05, 3.63) is 54.6 Å². The Morgan fingerprint density at radius 1 is 0.955 bits per heavy atom. The van der Waals surface area contributed by atoms with Gasteiger partial charge in [0, 0.05) is 12.4 Å². The first-order chi connectivity index (χ1) is 10.6. The van der Waals surface area contributed by atoms with Gasteiger partial charge in [-0.25, -0.2) is 0 Å². The first kappa shape index (κ1) is 17.4. The number of ether oxygens (including phenoxy) is 1. The van der Waals surface area contributed by atoms with Crippen LogP contribution in [0.2, 0.25) is 0 Å². The van der Waals surface area contributed by atoms with Crippen molar-refractivity contribution < 1.29 is 13.8 Å². The van der Waals surface area contributed by atoms with Crippen molar-refractivity contribution in [1.82, 2.24) is 0 Å². The normalized spacial score (nSPS) is 12.3. The molecule has 0 aliphatic carbocycles. The van der Waals surface area contributed by atoms with E-state index < -0.39 is 10.6 Å². The summed E-state index contributed by atoms with van der Waals surface area (Å²) in [5.41, 5.74) is 2.20. The molecule has 0 fully saturated rings. The Morgan fingerprint density at radius 2 is 1.59 bits per heavy atom. The monoisotopic (exact) mass is 338 g/mol. The Kier molecular flexibility index (Phi) is 6.79. The third-order valence-corrected chi connectivity index (χ3v) is 6.11. The number of thioether (sulfide) groups is 1. The van der Waals surface area contributed by atoms with Gasteiger partial charge in [-0.2, -0.15) is 10.6 Å². The summed E-state index contributed by atoms with van der Waals surface area (Å²) in [5, 5.41) is 0. The Bertz CT molecular complexity index is 556. The van der Waals surface area contributed by atoms with E-state index in [9.17, 15) is 9.11 Å². The molecule has 0 unspecified atom stereocenters. The largest absolute Gasteiger partial charge is 0.371 e. The number of benzene rings is 2. The van der Waals surface area contributed by atoms with Crippen LogP contribution in [0.15, 0.2) is 59.5 Å². The maximum atomic E-state index is 10.3. The molecule has 2 N–H and O–H groups in total. The SMILES string of the molecule is CCOCSCCS(O)(O)c1ccc(-c2ccccc2)cc1. The van der Waals surface area contributed by atoms with E-state index in [2.05, 4.69) is 0 Å². The van der Waals surface area contributed by atoms with E-state index in [4.69, 9.17) is 4.74 Å². The van der Waals surface area contributed by atoms with Gasteiger partial charge < -0.3 is 4.74 Å². The van der Waals surface area contributed by atoms with Crippen molar-refractivity contribution in [3.63, 3.8) is 0 Å². The molecule has 0 saturated carbocycles. The summed E-state index contributed by atoms with van der Waals surface area (Å²) in [5.74, 6) is 1.62. The van der Waals surface area contributed by atoms with Crippen LogP contribution in [-0.2, 0) is 4.74 Å². The summed E-state index contributed by atoms with van der Waals surface area (Å²) < 4.78 is 25.8. The number of hydrogen-bond acceptors (Lipinski definition) is 4. The molecule has 0 aromatic heterocycles. The van der Waals surface area contributed by atoms with Gasteiger partial charge in [0.15, 0.2) is 0 Å².